The van der Waals surface area contributed by atoms with Gasteiger partial charge in [0, 0.05) is 6.20 Å². The SMILES string of the molecule is CCOc1ccc([C@H](C)NC(=O)c2cn[nH]c2)cc1F. The Labute approximate surface area is 116 Å². The van der Waals surface area contributed by atoms with Crippen molar-refractivity contribution in [3.63, 3.8) is 0 Å². The molecule has 2 rings (SSSR count). The van der Waals surface area contributed by atoms with Crippen LogP contribution in [0.25, 0.3) is 0 Å². The number of hydrogen-bond donors (Lipinski definition) is 2. The van der Waals surface area contributed by atoms with Crippen molar-refractivity contribution in [1.82, 2.24) is 15.5 Å². The van der Waals surface area contributed by atoms with Crippen LogP contribution in [-0.2, 0) is 0 Å². The Kier molecular flexibility index (Phi) is 4.34. The molecule has 106 valence electrons. The summed E-state index contributed by atoms with van der Waals surface area (Å²) in [5.74, 6) is -0.487. The number of amides is 1. The van der Waals surface area contributed by atoms with Crippen molar-refractivity contribution in [2.45, 2.75) is 19.9 Å². The zero-order valence-corrected chi connectivity index (χ0v) is 11.3. The summed E-state index contributed by atoms with van der Waals surface area (Å²) >= 11 is 0. The number of aromatic amines is 1. The van der Waals surface area contributed by atoms with Crippen molar-refractivity contribution in [1.29, 1.82) is 0 Å². The van der Waals surface area contributed by atoms with Gasteiger partial charge in [-0.1, -0.05) is 6.07 Å². The lowest BCUT2D eigenvalue weighted by molar-refractivity contribution is 0.0940. The van der Waals surface area contributed by atoms with E-state index in [-0.39, 0.29) is 17.7 Å². The van der Waals surface area contributed by atoms with Gasteiger partial charge in [0.15, 0.2) is 11.6 Å². The molecule has 0 saturated heterocycles. The van der Waals surface area contributed by atoms with Crippen LogP contribution < -0.4 is 10.1 Å². The number of carbonyl (C=O) groups excluding carboxylic acids is 1. The molecule has 2 aromatic rings. The highest BCUT2D eigenvalue weighted by Gasteiger charge is 2.14. The van der Waals surface area contributed by atoms with Gasteiger partial charge in [-0.3, -0.25) is 9.89 Å². The second-order valence-corrected chi connectivity index (χ2v) is 4.30. The molecule has 1 amide bonds. The number of halogens is 1. The Hall–Kier alpha value is -2.37. The van der Waals surface area contributed by atoms with Gasteiger partial charge in [-0.15, -0.1) is 0 Å². The lowest BCUT2D eigenvalue weighted by Crippen LogP contribution is -2.26. The molecule has 1 aromatic heterocycles. The zero-order chi connectivity index (χ0) is 14.5. The van der Waals surface area contributed by atoms with Crippen molar-refractivity contribution >= 4 is 5.91 Å². The summed E-state index contributed by atoms with van der Waals surface area (Å²) < 4.78 is 18.9. The van der Waals surface area contributed by atoms with E-state index in [2.05, 4.69) is 15.5 Å². The fourth-order valence-electron chi connectivity index (χ4n) is 1.80. The van der Waals surface area contributed by atoms with Crippen LogP contribution in [0.5, 0.6) is 5.75 Å². The summed E-state index contributed by atoms with van der Waals surface area (Å²) in [5.41, 5.74) is 1.10. The summed E-state index contributed by atoms with van der Waals surface area (Å²) in [6.45, 7) is 3.98. The third-order valence-electron chi connectivity index (χ3n) is 2.86. The van der Waals surface area contributed by atoms with Gasteiger partial charge in [-0.05, 0) is 31.5 Å². The first kappa shape index (κ1) is 14.0. The van der Waals surface area contributed by atoms with Crippen LogP contribution in [0.3, 0.4) is 0 Å². The third kappa shape index (κ3) is 3.14. The molecule has 0 unspecified atom stereocenters. The number of benzene rings is 1. The average Bonchev–Trinajstić information content (AvgIpc) is 2.95. The number of carbonyl (C=O) groups is 1. The molecule has 0 aliphatic carbocycles. The van der Waals surface area contributed by atoms with Crippen LogP contribution in [0.2, 0.25) is 0 Å². The fourth-order valence-corrected chi connectivity index (χ4v) is 1.80. The van der Waals surface area contributed by atoms with Gasteiger partial charge < -0.3 is 10.1 Å². The Morgan fingerprint density at radius 3 is 2.95 bits per heavy atom. The number of hydrogen-bond acceptors (Lipinski definition) is 3. The summed E-state index contributed by atoms with van der Waals surface area (Å²) in [7, 11) is 0. The molecule has 0 saturated carbocycles. The zero-order valence-electron chi connectivity index (χ0n) is 11.3. The molecular formula is C14H16FN3O2. The molecule has 2 N–H and O–H groups in total. The van der Waals surface area contributed by atoms with Gasteiger partial charge in [0.05, 0.1) is 24.4 Å². The van der Waals surface area contributed by atoms with E-state index >= 15 is 0 Å². The van der Waals surface area contributed by atoms with Crippen molar-refractivity contribution in [2.75, 3.05) is 6.61 Å². The Balaban J connectivity index is 2.07. The maximum Gasteiger partial charge on any atom is 0.254 e. The predicted molar refractivity (Wildman–Crippen MR) is 72.0 cm³/mol. The highest BCUT2D eigenvalue weighted by molar-refractivity contribution is 5.93. The van der Waals surface area contributed by atoms with Crippen LogP contribution >= 0.6 is 0 Å². The molecule has 0 fully saturated rings. The second-order valence-electron chi connectivity index (χ2n) is 4.30. The molecular weight excluding hydrogens is 261 g/mol. The first-order chi connectivity index (χ1) is 9.61. The van der Waals surface area contributed by atoms with Gasteiger partial charge in [0.1, 0.15) is 0 Å². The average molecular weight is 277 g/mol. The third-order valence-corrected chi connectivity index (χ3v) is 2.86. The molecule has 0 spiro atoms. The summed E-state index contributed by atoms with van der Waals surface area (Å²) in [6.07, 6.45) is 2.93. The van der Waals surface area contributed by atoms with E-state index in [0.717, 1.165) is 0 Å². The van der Waals surface area contributed by atoms with E-state index in [4.69, 9.17) is 4.74 Å². The van der Waals surface area contributed by atoms with Crippen molar-refractivity contribution in [2.24, 2.45) is 0 Å². The Morgan fingerprint density at radius 2 is 2.35 bits per heavy atom. The summed E-state index contributed by atoms with van der Waals surface area (Å²) in [4.78, 5) is 11.9. The number of H-pyrrole nitrogens is 1. The highest BCUT2D eigenvalue weighted by atomic mass is 19.1. The largest absolute Gasteiger partial charge is 0.491 e. The molecule has 6 heteroatoms. The topological polar surface area (TPSA) is 67.0 Å². The first-order valence-electron chi connectivity index (χ1n) is 6.33. The summed E-state index contributed by atoms with van der Waals surface area (Å²) in [5, 5.41) is 9.04. The molecule has 0 aliphatic heterocycles. The molecule has 1 aromatic carbocycles. The minimum atomic E-state index is -0.436. The monoisotopic (exact) mass is 277 g/mol. The maximum atomic E-state index is 13.8. The number of ether oxygens (including phenoxy) is 1. The van der Waals surface area contributed by atoms with E-state index in [9.17, 15) is 9.18 Å². The maximum absolute atomic E-state index is 13.8. The quantitative estimate of drug-likeness (QED) is 0.882. The van der Waals surface area contributed by atoms with Crippen LogP contribution in [0, 0.1) is 5.82 Å². The molecule has 0 radical (unpaired) electrons. The second kappa shape index (κ2) is 6.18. The smallest absolute Gasteiger partial charge is 0.254 e. The fraction of sp³-hybridized carbons (Fsp3) is 0.286. The van der Waals surface area contributed by atoms with Gasteiger partial charge in [-0.25, -0.2) is 4.39 Å². The number of rotatable bonds is 5. The molecule has 20 heavy (non-hydrogen) atoms. The highest BCUT2D eigenvalue weighted by Crippen LogP contribution is 2.22. The van der Waals surface area contributed by atoms with Gasteiger partial charge in [-0.2, -0.15) is 5.10 Å². The number of aromatic nitrogens is 2. The van der Waals surface area contributed by atoms with Crippen molar-refractivity contribution < 1.29 is 13.9 Å². The first-order valence-corrected chi connectivity index (χ1v) is 6.33. The molecule has 1 heterocycles. The lowest BCUT2D eigenvalue weighted by Gasteiger charge is -2.15. The minimum Gasteiger partial charge on any atom is -0.491 e. The van der Waals surface area contributed by atoms with Crippen LogP contribution in [0.1, 0.15) is 35.8 Å². The van der Waals surface area contributed by atoms with Crippen molar-refractivity contribution in [3.05, 3.63) is 47.5 Å². The van der Waals surface area contributed by atoms with E-state index in [1.165, 1.54) is 18.5 Å². The van der Waals surface area contributed by atoms with E-state index in [1.807, 2.05) is 0 Å². The van der Waals surface area contributed by atoms with Gasteiger partial charge in [0.2, 0.25) is 0 Å². The molecule has 0 bridgehead atoms. The lowest BCUT2D eigenvalue weighted by atomic mass is 10.1. The Bertz CT molecular complexity index is 584. The van der Waals surface area contributed by atoms with Crippen LogP contribution in [-0.4, -0.2) is 22.7 Å². The van der Waals surface area contributed by atoms with Crippen LogP contribution in [0.4, 0.5) is 4.39 Å². The van der Waals surface area contributed by atoms with Crippen LogP contribution in [0.15, 0.2) is 30.6 Å². The number of nitrogens with one attached hydrogen (secondary N) is 2. The molecule has 5 nitrogen and oxygen atoms in total. The normalized spacial score (nSPS) is 11.9. The minimum absolute atomic E-state index is 0.213. The van der Waals surface area contributed by atoms with Gasteiger partial charge in [0.25, 0.3) is 5.91 Å². The standard InChI is InChI=1S/C14H16FN3O2/c1-3-20-13-5-4-10(6-12(13)15)9(2)18-14(19)11-7-16-17-8-11/h4-9H,3H2,1-2H3,(H,16,17)(H,18,19)/t9-/m0/s1. The predicted octanol–water partition coefficient (Wildman–Crippen LogP) is 2.44. The van der Waals surface area contributed by atoms with Crippen molar-refractivity contribution in [3.8, 4) is 5.75 Å². The van der Waals surface area contributed by atoms with Gasteiger partial charge >= 0.3 is 0 Å². The number of nitrogens with zero attached hydrogens (tertiary/aromatic N) is 1. The molecule has 1 atom stereocenters. The summed E-state index contributed by atoms with van der Waals surface area (Å²) in [6, 6.07) is 4.34. The van der Waals surface area contributed by atoms with E-state index < -0.39 is 5.82 Å². The van der Waals surface area contributed by atoms with E-state index in [1.54, 1.807) is 26.0 Å². The molecule has 0 aliphatic rings. The Morgan fingerprint density at radius 1 is 1.55 bits per heavy atom. The van der Waals surface area contributed by atoms with E-state index in [0.29, 0.717) is 17.7 Å².